The summed E-state index contributed by atoms with van der Waals surface area (Å²) in [6.45, 7) is 4.05. The van der Waals surface area contributed by atoms with Crippen LogP contribution in [0, 0.1) is 12.8 Å². The van der Waals surface area contributed by atoms with Crippen LogP contribution >= 0.6 is 0 Å². The van der Waals surface area contributed by atoms with E-state index in [4.69, 9.17) is 9.97 Å². The Labute approximate surface area is 187 Å². The normalized spacial score (nSPS) is 17.9. The predicted octanol–water partition coefficient (Wildman–Crippen LogP) is 2.63. The summed E-state index contributed by atoms with van der Waals surface area (Å²) in [5.41, 5.74) is 3.48. The number of hydrogen-bond donors (Lipinski definition) is 2. The van der Waals surface area contributed by atoms with Gasteiger partial charge in [-0.1, -0.05) is 30.3 Å². The van der Waals surface area contributed by atoms with Gasteiger partial charge >= 0.3 is 0 Å². The van der Waals surface area contributed by atoms with Crippen molar-refractivity contribution in [1.29, 1.82) is 0 Å². The number of piperidine rings is 1. The molecule has 3 aromatic rings. The Hall–Kier alpha value is -3.29. The molecule has 1 aromatic carbocycles. The van der Waals surface area contributed by atoms with Gasteiger partial charge < -0.3 is 10.2 Å². The third kappa shape index (κ3) is 4.35. The highest BCUT2D eigenvalue weighted by Gasteiger charge is 2.30. The van der Waals surface area contributed by atoms with Crippen molar-refractivity contribution in [3.63, 3.8) is 0 Å². The Balaban J connectivity index is 1.29. The van der Waals surface area contributed by atoms with E-state index in [9.17, 15) is 4.79 Å². The van der Waals surface area contributed by atoms with E-state index in [1.807, 2.05) is 25.1 Å². The van der Waals surface area contributed by atoms with Gasteiger partial charge in [-0.3, -0.25) is 9.89 Å². The molecule has 2 N–H and O–H groups in total. The van der Waals surface area contributed by atoms with E-state index < -0.39 is 0 Å². The molecular weight excluding hydrogens is 402 g/mol. The summed E-state index contributed by atoms with van der Waals surface area (Å²) in [6, 6.07) is 10.2. The first-order valence-electron chi connectivity index (χ1n) is 11.5. The van der Waals surface area contributed by atoms with Crippen LogP contribution < -0.4 is 10.2 Å². The van der Waals surface area contributed by atoms with Crippen molar-refractivity contribution in [2.45, 2.75) is 45.4 Å². The molecule has 32 heavy (non-hydrogen) atoms. The van der Waals surface area contributed by atoms with E-state index in [1.54, 1.807) is 0 Å². The number of rotatable bonds is 6. The quantitative estimate of drug-likeness (QED) is 0.622. The molecule has 1 amide bonds. The third-order valence-electron chi connectivity index (χ3n) is 6.33. The maximum absolute atomic E-state index is 12.9. The Bertz CT molecular complexity index is 1090. The average Bonchev–Trinajstić information content (AvgIpc) is 3.47. The molecule has 2 aliphatic rings. The van der Waals surface area contributed by atoms with Crippen LogP contribution in [0.2, 0.25) is 0 Å². The molecule has 8 heteroatoms. The predicted molar refractivity (Wildman–Crippen MR) is 122 cm³/mol. The fraction of sp³-hybridized carbons (Fsp3) is 0.458. The Morgan fingerprint density at radius 3 is 2.84 bits per heavy atom. The molecule has 1 aliphatic carbocycles. The van der Waals surface area contributed by atoms with E-state index in [0.717, 1.165) is 67.5 Å². The molecule has 1 atom stereocenters. The minimum Gasteiger partial charge on any atom is -0.355 e. The van der Waals surface area contributed by atoms with Crippen LogP contribution in [-0.2, 0) is 24.1 Å². The number of aromatic nitrogens is 5. The zero-order valence-corrected chi connectivity index (χ0v) is 18.5. The van der Waals surface area contributed by atoms with Crippen LogP contribution in [-0.4, -0.2) is 50.7 Å². The van der Waals surface area contributed by atoms with E-state index in [2.05, 4.69) is 37.5 Å². The van der Waals surface area contributed by atoms with Gasteiger partial charge in [0.05, 0.1) is 5.92 Å². The average molecular weight is 432 g/mol. The topological polar surface area (TPSA) is 99.7 Å². The van der Waals surface area contributed by atoms with E-state index in [0.29, 0.717) is 19.5 Å². The van der Waals surface area contributed by atoms with Gasteiger partial charge in [0, 0.05) is 42.9 Å². The lowest BCUT2D eigenvalue weighted by atomic mass is 9.96. The maximum Gasteiger partial charge on any atom is 0.224 e. The Morgan fingerprint density at radius 2 is 2.03 bits per heavy atom. The number of nitrogens with one attached hydrogen (secondary N) is 2. The number of aryl methyl sites for hydroxylation is 2. The summed E-state index contributed by atoms with van der Waals surface area (Å²) in [6.07, 6.45) is 5.66. The molecule has 5 rings (SSSR count). The molecule has 0 spiro atoms. The van der Waals surface area contributed by atoms with Crippen LogP contribution in [0.3, 0.4) is 0 Å². The van der Waals surface area contributed by atoms with Crippen LogP contribution in [0.25, 0.3) is 11.4 Å². The highest BCUT2D eigenvalue weighted by Crippen LogP contribution is 2.33. The molecule has 0 saturated carbocycles. The van der Waals surface area contributed by atoms with Gasteiger partial charge in [0.1, 0.15) is 11.6 Å². The minimum atomic E-state index is -0.0372. The number of carbonyl (C=O) groups is 1. The lowest BCUT2D eigenvalue weighted by Gasteiger charge is -2.34. The number of nitrogens with zero attached hydrogens (tertiary/aromatic N) is 5. The van der Waals surface area contributed by atoms with E-state index in [-0.39, 0.29) is 11.8 Å². The number of amides is 1. The number of H-pyrrole nitrogens is 1. The van der Waals surface area contributed by atoms with Crippen molar-refractivity contribution >= 4 is 11.7 Å². The number of aromatic amines is 1. The molecule has 1 unspecified atom stereocenters. The van der Waals surface area contributed by atoms with E-state index >= 15 is 0 Å². The Kier molecular flexibility index (Phi) is 5.83. The molecule has 1 saturated heterocycles. The first-order valence-corrected chi connectivity index (χ1v) is 11.5. The minimum absolute atomic E-state index is 0.0372. The lowest BCUT2D eigenvalue weighted by Crippen LogP contribution is -2.44. The van der Waals surface area contributed by atoms with Gasteiger partial charge in [0.2, 0.25) is 5.91 Å². The zero-order valence-electron chi connectivity index (χ0n) is 18.5. The monoisotopic (exact) mass is 431 g/mol. The SMILES string of the molecule is Cc1nc(CCNC(=O)C2CCCN(c3nc(-c4ccccc4)nc4c3CCC4)C2)n[nH]1. The Morgan fingerprint density at radius 1 is 1.16 bits per heavy atom. The summed E-state index contributed by atoms with van der Waals surface area (Å²) in [7, 11) is 0. The summed E-state index contributed by atoms with van der Waals surface area (Å²) in [4.78, 5) is 29.4. The van der Waals surface area contributed by atoms with Crippen molar-refractivity contribution in [3.8, 4) is 11.4 Å². The molecular formula is C24H29N7O. The van der Waals surface area contributed by atoms with Gasteiger partial charge in [0.25, 0.3) is 0 Å². The second-order valence-corrected chi connectivity index (χ2v) is 8.68. The standard InChI is InChI=1S/C24H29N7O/c1-16-26-21(30-29-16)12-13-25-24(32)18-9-6-14-31(15-18)23-19-10-5-11-20(19)27-22(28-23)17-7-3-2-4-8-17/h2-4,7-8,18H,5-6,9-15H2,1H3,(H,25,32)(H,26,29,30). The lowest BCUT2D eigenvalue weighted by molar-refractivity contribution is -0.125. The fourth-order valence-electron chi connectivity index (χ4n) is 4.72. The molecule has 0 bridgehead atoms. The van der Waals surface area contributed by atoms with Crippen molar-refractivity contribution in [1.82, 2.24) is 30.5 Å². The van der Waals surface area contributed by atoms with Crippen molar-refractivity contribution < 1.29 is 4.79 Å². The fourth-order valence-corrected chi connectivity index (χ4v) is 4.72. The van der Waals surface area contributed by atoms with Gasteiger partial charge in [-0.05, 0) is 39.0 Å². The van der Waals surface area contributed by atoms with Crippen molar-refractivity contribution in [2.24, 2.45) is 5.92 Å². The second-order valence-electron chi connectivity index (χ2n) is 8.68. The van der Waals surface area contributed by atoms with Gasteiger partial charge in [-0.2, -0.15) is 5.10 Å². The number of anilines is 1. The largest absolute Gasteiger partial charge is 0.355 e. The summed E-state index contributed by atoms with van der Waals surface area (Å²) in [5, 5.41) is 10.1. The first-order chi connectivity index (χ1) is 15.7. The van der Waals surface area contributed by atoms with E-state index in [1.165, 1.54) is 11.3 Å². The number of hydrogen-bond acceptors (Lipinski definition) is 6. The molecule has 3 heterocycles. The first kappa shape index (κ1) is 20.6. The maximum atomic E-state index is 12.9. The van der Waals surface area contributed by atoms with Crippen molar-refractivity contribution in [3.05, 3.63) is 53.2 Å². The van der Waals surface area contributed by atoms with Crippen LogP contribution in [0.1, 0.15) is 42.2 Å². The molecule has 1 aliphatic heterocycles. The summed E-state index contributed by atoms with van der Waals surface area (Å²) in [5.74, 6) is 3.41. The second kappa shape index (κ2) is 9.06. The highest BCUT2D eigenvalue weighted by molar-refractivity contribution is 5.79. The smallest absolute Gasteiger partial charge is 0.224 e. The van der Waals surface area contributed by atoms with Gasteiger partial charge in [0.15, 0.2) is 11.6 Å². The molecule has 1 fully saturated rings. The number of fused-ring (bicyclic) bond motifs is 1. The number of carbonyl (C=O) groups excluding carboxylic acids is 1. The van der Waals surface area contributed by atoms with Crippen LogP contribution in [0.5, 0.6) is 0 Å². The molecule has 8 nitrogen and oxygen atoms in total. The molecule has 2 aromatic heterocycles. The summed E-state index contributed by atoms with van der Waals surface area (Å²) >= 11 is 0. The van der Waals surface area contributed by atoms with Crippen molar-refractivity contribution in [2.75, 3.05) is 24.5 Å². The van der Waals surface area contributed by atoms with Gasteiger partial charge in [-0.15, -0.1) is 0 Å². The van der Waals surface area contributed by atoms with Gasteiger partial charge in [-0.25, -0.2) is 15.0 Å². The number of benzene rings is 1. The molecule has 0 radical (unpaired) electrons. The summed E-state index contributed by atoms with van der Waals surface area (Å²) < 4.78 is 0. The zero-order chi connectivity index (χ0) is 21.9. The van der Waals surface area contributed by atoms with Crippen LogP contribution in [0.15, 0.2) is 30.3 Å². The molecule has 166 valence electrons. The third-order valence-corrected chi connectivity index (χ3v) is 6.33. The van der Waals surface area contributed by atoms with Crippen LogP contribution in [0.4, 0.5) is 5.82 Å². The highest BCUT2D eigenvalue weighted by atomic mass is 16.1.